The lowest BCUT2D eigenvalue weighted by Gasteiger charge is -2.07. The number of unbranched alkanes of at least 4 members (excludes halogenated alkanes) is 3. The van der Waals surface area contributed by atoms with Crippen molar-refractivity contribution in [3.63, 3.8) is 0 Å². The number of carbonyl (C=O) groups is 1. The highest BCUT2D eigenvalue weighted by Gasteiger charge is 2.11. The second-order valence-corrected chi connectivity index (χ2v) is 6.98. The Morgan fingerprint density at radius 2 is 1.85 bits per heavy atom. The molecule has 0 fully saturated rings. The number of hydrogen-bond donors (Lipinski definition) is 0. The predicted octanol–water partition coefficient (Wildman–Crippen LogP) is 4.88. The van der Waals surface area contributed by atoms with Gasteiger partial charge in [-0.1, -0.05) is 50.1 Å². The van der Waals surface area contributed by atoms with Gasteiger partial charge >= 0.3 is 5.97 Å². The van der Waals surface area contributed by atoms with Crippen molar-refractivity contribution in [3.8, 4) is 17.2 Å². The summed E-state index contributed by atoms with van der Waals surface area (Å²) in [6.45, 7) is 3.74. The standard InChI is InChI=1S/C20H23N3O2S/c1-3-4-5-6-11-26-20-22-13-18(14-23-20)16-7-9-17(10-8-16)19(24)25-15(2)12-21/h7-10,13-15H,3-6,11H2,1-2H3/t15-/m1/s1. The van der Waals surface area contributed by atoms with Crippen LogP contribution in [0.1, 0.15) is 49.9 Å². The third kappa shape index (κ3) is 6.16. The molecule has 0 amide bonds. The molecule has 2 aromatic rings. The average molecular weight is 369 g/mol. The van der Waals surface area contributed by atoms with Crippen molar-refractivity contribution in [3.05, 3.63) is 42.2 Å². The maximum Gasteiger partial charge on any atom is 0.339 e. The molecule has 0 aliphatic carbocycles. The first-order valence-corrected chi connectivity index (χ1v) is 9.78. The van der Waals surface area contributed by atoms with Crippen LogP contribution in [0.2, 0.25) is 0 Å². The zero-order chi connectivity index (χ0) is 18.8. The van der Waals surface area contributed by atoms with Gasteiger partial charge in [0.2, 0.25) is 0 Å². The first kappa shape index (κ1) is 19.9. The minimum atomic E-state index is -0.761. The molecule has 136 valence electrons. The number of nitriles is 1. The second kappa shape index (κ2) is 10.6. The molecule has 0 bridgehead atoms. The number of ether oxygens (including phenoxy) is 1. The Hall–Kier alpha value is -2.39. The topological polar surface area (TPSA) is 75.9 Å². The van der Waals surface area contributed by atoms with E-state index in [0.717, 1.165) is 22.0 Å². The average Bonchev–Trinajstić information content (AvgIpc) is 2.68. The number of benzene rings is 1. The fourth-order valence-electron chi connectivity index (χ4n) is 2.29. The first-order valence-electron chi connectivity index (χ1n) is 8.80. The summed E-state index contributed by atoms with van der Waals surface area (Å²) in [5.74, 6) is 0.536. The second-order valence-electron chi connectivity index (χ2n) is 5.92. The molecule has 0 unspecified atom stereocenters. The molecule has 0 radical (unpaired) electrons. The summed E-state index contributed by atoms with van der Waals surface area (Å²) in [5.41, 5.74) is 2.23. The Kier molecular flexibility index (Phi) is 8.10. The molecule has 0 spiro atoms. The minimum absolute atomic E-state index is 0.413. The number of esters is 1. The van der Waals surface area contributed by atoms with Crippen LogP contribution in [-0.4, -0.2) is 27.8 Å². The van der Waals surface area contributed by atoms with Gasteiger partial charge in [0.25, 0.3) is 0 Å². The molecule has 0 saturated carbocycles. The van der Waals surface area contributed by atoms with E-state index in [9.17, 15) is 4.79 Å². The number of aromatic nitrogens is 2. The van der Waals surface area contributed by atoms with Crippen LogP contribution in [0.15, 0.2) is 41.8 Å². The Morgan fingerprint density at radius 1 is 1.15 bits per heavy atom. The molecule has 1 aromatic carbocycles. The zero-order valence-corrected chi connectivity index (χ0v) is 16.0. The molecule has 26 heavy (non-hydrogen) atoms. The maximum absolute atomic E-state index is 11.9. The Labute approximate surface area is 158 Å². The van der Waals surface area contributed by atoms with E-state index in [1.165, 1.54) is 32.6 Å². The third-order valence-corrected chi connectivity index (χ3v) is 4.74. The summed E-state index contributed by atoms with van der Waals surface area (Å²) < 4.78 is 4.98. The third-order valence-electron chi connectivity index (χ3n) is 3.78. The summed E-state index contributed by atoms with van der Waals surface area (Å²) in [6, 6.07) is 8.87. The highest BCUT2D eigenvalue weighted by atomic mass is 32.2. The maximum atomic E-state index is 11.9. The molecule has 0 saturated heterocycles. The van der Waals surface area contributed by atoms with Crippen molar-refractivity contribution >= 4 is 17.7 Å². The smallest absolute Gasteiger partial charge is 0.339 e. The van der Waals surface area contributed by atoms with Crippen LogP contribution in [0.5, 0.6) is 0 Å². The van der Waals surface area contributed by atoms with Gasteiger partial charge in [-0.05, 0) is 31.0 Å². The van der Waals surface area contributed by atoms with Gasteiger partial charge in [-0.2, -0.15) is 5.26 Å². The summed E-state index contributed by atoms with van der Waals surface area (Å²) in [7, 11) is 0. The highest BCUT2D eigenvalue weighted by molar-refractivity contribution is 7.99. The number of hydrogen-bond acceptors (Lipinski definition) is 6. The first-order chi connectivity index (χ1) is 12.6. The number of thioether (sulfide) groups is 1. The normalized spacial score (nSPS) is 11.6. The van der Waals surface area contributed by atoms with Gasteiger partial charge in [0, 0.05) is 23.7 Å². The fraction of sp³-hybridized carbons (Fsp3) is 0.400. The molecule has 5 nitrogen and oxygen atoms in total. The van der Waals surface area contributed by atoms with Crippen LogP contribution in [0.25, 0.3) is 11.1 Å². The summed E-state index contributed by atoms with van der Waals surface area (Å²) >= 11 is 1.68. The Bertz CT molecular complexity index is 739. The van der Waals surface area contributed by atoms with Crippen molar-refractivity contribution in [2.45, 2.75) is 50.8 Å². The van der Waals surface area contributed by atoms with Crippen molar-refractivity contribution in [2.24, 2.45) is 0 Å². The van der Waals surface area contributed by atoms with Gasteiger partial charge in [-0.3, -0.25) is 0 Å². The molecule has 1 aromatic heterocycles. The van der Waals surface area contributed by atoms with Crippen molar-refractivity contribution in [1.29, 1.82) is 5.26 Å². The SMILES string of the molecule is CCCCCCSc1ncc(-c2ccc(C(=O)O[C@H](C)C#N)cc2)cn1. The lowest BCUT2D eigenvalue weighted by Crippen LogP contribution is -2.12. The monoisotopic (exact) mass is 369 g/mol. The van der Waals surface area contributed by atoms with Crippen molar-refractivity contribution in [1.82, 2.24) is 9.97 Å². The van der Waals surface area contributed by atoms with Crippen LogP contribution in [0.4, 0.5) is 0 Å². The summed E-state index contributed by atoms with van der Waals surface area (Å²) in [6.07, 6.45) is 7.79. The van der Waals surface area contributed by atoms with Crippen LogP contribution in [0, 0.1) is 11.3 Å². The largest absolute Gasteiger partial charge is 0.444 e. The molecule has 6 heteroatoms. The van der Waals surface area contributed by atoms with E-state index in [2.05, 4.69) is 16.9 Å². The lowest BCUT2D eigenvalue weighted by molar-refractivity contribution is 0.0435. The fourth-order valence-corrected chi connectivity index (χ4v) is 3.07. The predicted molar refractivity (Wildman–Crippen MR) is 103 cm³/mol. The van der Waals surface area contributed by atoms with Gasteiger partial charge in [0.15, 0.2) is 11.3 Å². The van der Waals surface area contributed by atoms with Crippen LogP contribution in [0.3, 0.4) is 0 Å². The lowest BCUT2D eigenvalue weighted by atomic mass is 10.1. The van der Waals surface area contributed by atoms with Gasteiger partial charge in [0.05, 0.1) is 5.56 Å². The van der Waals surface area contributed by atoms with Crippen molar-refractivity contribution in [2.75, 3.05) is 5.75 Å². The van der Waals surface area contributed by atoms with E-state index < -0.39 is 12.1 Å². The van der Waals surface area contributed by atoms with Crippen LogP contribution in [-0.2, 0) is 4.74 Å². The van der Waals surface area contributed by atoms with Gasteiger partial charge in [-0.15, -0.1) is 0 Å². The Morgan fingerprint density at radius 3 is 2.46 bits per heavy atom. The van der Waals surface area contributed by atoms with E-state index in [-0.39, 0.29) is 0 Å². The van der Waals surface area contributed by atoms with E-state index in [4.69, 9.17) is 10.00 Å². The molecule has 1 heterocycles. The summed E-state index contributed by atoms with van der Waals surface area (Å²) in [5, 5.41) is 9.48. The van der Waals surface area contributed by atoms with Gasteiger partial charge in [-0.25, -0.2) is 14.8 Å². The quantitative estimate of drug-likeness (QED) is 0.271. The summed E-state index contributed by atoms with van der Waals surface area (Å²) in [4.78, 5) is 20.7. The molecule has 1 atom stereocenters. The van der Waals surface area contributed by atoms with Gasteiger partial charge in [0.1, 0.15) is 6.07 Å². The molecular formula is C20H23N3O2S. The van der Waals surface area contributed by atoms with Crippen molar-refractivity contribution < 1.29 is 9.53 Å². The molecule has 0 aliphatic heterocycles. The minimum Gasteiger partial charge on any atom is -0.444 e. The Balaban J connectivity index is 1.92. The molecule has 2 rings (SSSR count). The molecule has 0 aliphatic rings. The number of nitrogens with zero attached hydrogens (tertiary/aromatic N) is 3. The zero-order valence-electron chi connectivity index (χ0n) is 15.1. The molecular weight excluding hydrogens is 346 g/mol. The van der Waals surface area contributed by atoms with E-state index >= 15 is 0 Å². The van der Waals surface area contributed by atoms with Crippen LogP contribution >= 0.6 is 11.8 Å². The molecule has 0 N–H and O–H groups in total. The number of rotatable bonds is 9. The van der Waals surface area contributed by atoms with E-state index in [1.54, 1.807) is 36.3 Å². The van der Waals surface area contributed by atoms with Crippen LogP contribution < -0.4 is 0 Å². The van der Waals surface area contributed by atoms with E-state index in [0.29, 0.717) is 5.56 Å². The number of carbonyl (C=O) groups excluding carboxylic acids is 1. The van der Waals surface area contributed by atoms with E-state index in [1.807, 2.05) is 18.2 Å². The highest BCUT2D eigenvalue weighted by Crippen LogP contribution is 2.21. The van der Waals surface area contributed by atoms with Gasteiger partial charge < -0.3 is 4.74 Å².